The summed E-state index contributed by atoms with van der Waals surface area (Å²) in [7, 11) is 0. The number of nitrogens with one attached hydrogen (secondary N) is 1. The summed E-state index contributed by atoms with van der Waals surface area (Å²) < 4.78 is 0. The van der Waals surface area contributed by atoms with Crippen molar-refractivity contribution in [1.82, 2.24) is 24.8 Å². The van der Waals surface area contributed by atoms with Gasteiger partial charge in [0.2, 0.25) is 0 Å². The Morgan fingerprint density at radius 1 is 1.07 bits per heavy atom. The molecule has 0 radical (unpaired) electrons. The molecule has 1 saturated heterocycles. The SMILES string of the molecule is C[C@@H]1CN(C(=O)c2ccccn2)CCN1C(=O)C(=O)c1c[nH]c2ncccc12. The van der Waals surface area contributed by atoms with Gasteiger partial charge >= 0.3 is 0 Å². The van der Waals surface area contributed by atoms with Crippen molar-refractivity contribution in [2.45, 2.75) is 13.0 Å². The average Bonchev–Trinajstić information content (AvgIpc) is 3.17. The normalized spacial score (nSPS) is 17.0. The second kappa shape index (κ2) is 7.22. The van der Waals surface area contributed by atoms with Crippen LogP contribution in [-0.4, -0.2) is 68.0 Å². The van der Waals surface area contributed by atoms with Gasteiger partial charge in [0.25, 0.3) is 17.6 Å². The standard InChI is InChI=1S/C20H19N5O3/c1-13-12-24(19(27)16-6-2-3-7-21-16)9-10-25(13)20(28)17(26)15-11-23-18-14(15)5-4-8-22-18/h2-8,11,13H,9-10,12H2,1H3,(H,22,23)/t13-/m1/s1. The monoisotopic (exact) mass is 377 g/mol. The molecular weight excluding hydrogens is 358 g/mol. The molecule has 2 amide bonds. The third-order valence-electron chi connectivity index (χ3n) is 4.95. The minimum Gasteiger partial charge on any atom is -0.345 e. The van der Waals surface area contributed by atoms with Crippen LogP contribution in [0.2, 0.25) is 0 Å². The number of piperazine rings is 1. The van der Waals surface area contributed by atoms with E-state index >= 15 is 0 Å². The summed E-state index contributed by atoms with van der Waals surface area (Å²) in [5.41, 5.74) is 1.25. The van der Waals surface area contributed by atoms with Crippen molar-refractivity contribution < 1.29 is 14.4 Å². The quantitative estimate of drug-likeness (QED) is 0.551. The van der Waals surface area contributed by atoms with Crippen LogP contribution in [0.1, 0.15) is 27.8 Å². The van der Waals surface area contributed by atoms with Crippen molar-refractivity contribution in [3.05, 3.63) is 60.2 Å². The number of pyridine rings is 2. The topological polar surface area (TPSA) is 99.3 Å². The van der Waals surface area contributed by atoms with Gasteiger partial charge in [0.05, 0.1) is 5.56 Å². The number of Topliss-reactive ketones (excluding diaryl/α,β-unsaturated/α-hetero) is 1. The number of hydrogen-bond donors (Lipinski definition) is 1. The summed E-state index contributed by atoms with van der Waals surface area (Å²) >= 11 is 0. The highest BCUT2D eigenvalue weighted by molar-refractivity contribution is 6.44. The molecule has 4 heterocycles. The first-order valence-electron chi connectivity index (χ1n) is 9.04. The molecule has 8 heteroatoms. The Kier molecular flexibility index (Phi) is 4.60. The predicted molar refractivity (Wildman–Crippen MR) is 102 cm³/mol. The van der Waals surface area contributed by atoms with E-state index in [1.165, 1.54) is 11.1 Å². The Hall–Kier alpha value is -3.55. The maximum absolute atomic E-state index is 12.8. The second-order valence-corrected chi connectivity index (χ2v) is 6.74. The molecule has 1 fully saturated rings. The summed E-state index contributed by atoms with van der Waals surface area (Å²) in [4.78, 5) is 52.5. The maximum Gasteiger partial charge on any atom is 0.295 e. The molecule has 3 aromatic heterocycles. The van der Waals surface area contributed by atoms with E-state index in [4.69, 9.17) is 0 Å². The smallest absolute Gasteiger partial charge is 0.295 e. The summed E-state index contributed by atoms with van der Waals surface area (Å²) in [5, 5.41) is 0.623. The number of carbonyl (C=O) groups is 3. The van der Waals surface area contributed by atoms with Crippen molar-refractivity contribution in [3.8, 4) is 0 Å². The minimum atomic E-state index is -0.574. The Bertz CT molecular complexity index is 1050. The number of aromatic amines is 1. The van der Waals surface area contributed by atoms with Crippen LogP contribution in [0, 0.1) is 0 Å². The van der Waals surface area contributed by atoms with Crippen LogP contribution < -0.4 is 0 Å². The van der Waals surface area contributed by atoms with Crippen molar-refractivity contribution in [3.63, 3.8) is 0 Å². The van der Waals surface area contributed by atoms with Gasteiger partial charge in [0.1, 0.15) is 11.3 Å². The highest BCUT2D eigenvalue weighted by Gasteiger charge is 2.34. The van der Waals surface area contributed by atoms with Crippen LogP contribution in [0.25, 0.3) is 11.0 Å². The van der Waals surface area contributed by atoms with Crippen molar-refractivity contribution in [1.29, 1.82) is 0 Å². The molecule has 0 bridgehead atoms. The second-order valence-electron chi connectivity index (χ2n) is 6.74. The van der Waals surface area contributed by atoms with Gasteiger partial charge in [0.15, 0.2) is 0 Å². The molecule has 1 N–H and O–H groups in total. The Morgan fingerprint density at radius 3 is 2.64 bits per heavy atom. The van der Waals surface area contributed by atoms with Crippen LogP contribution in [0.3, 0.4) is 0 Å². The van der Waals surface area contributed by atoms with Crippen molar-refractivity contribution in [2.24, 2.45) is 0 Å². The number of amides is 2. The molecular formula is C20H19N5O3. The molecule has 3 aromatic rings. The van der Waals surface area contributed by atoms with E-state index in [0.717, 1.165) is 0 Å². The largest absolute Gasteiger partial charge is 0.345 e. The van der Waals surface area contributed by atoms with Gasteiger partial charge in [-0.25, -0.2) is 4.98 Å². The van der Waals surface area contributed by atoms with E-state index in [0.29, 0.717) is 41.9 Å². The van der Waals surface area contributed by atoms with Crippen LogP contribution in [0.4, 0.5) is 0 Å². The zero-order valence-electron chi connectivity index (χ0n) is 15.3. The van der Waals surface area contributed by atoms with Gasteiger partial charge < -0.3 is 14.8 Å². The summed E-state index contributed by atoms with van der Waals surface area (Å²) in [6.45, 7) is 2.84. The zero-order valence-corrected chi connectivity index (χ0v) is 15.3. The van der Waals surface area contributed by atoms with Crippen molar-refractivity contribution >= 4 is 28.6 Å². The predicted octanol–water partition coefficient (Wildman–Crippen LogP) is 1.51. The van der Waals surface area contributed by atoms with E-state index in [2.05, 4.69) is 15.0 Å². The third kappa shape index (κ3) is 3.13. The highest BCUT2D eigenvalue weighted by atomic mass is 16.2. The van der Waals surface area contributed by atoms with E-state index < -0.39 is 11.7 Å². The van der Waals surface area contributed by atoms with Crippen LogP contribution in [-0.2, 0) is 4.79 Å². The summed E-state index contributed by atoms with van der Waals surface area (Å²) in [5.74, 6) is -1.31. The number of carbonyl (C=O) groups excluding carboxylic acids is 3. The molecule has 1 atom stereocenters. The molecule has 0 saturated carbocycles. The fraction of sp³-hybridized carbons (Fsp3) is 0.250. The fourth-order valence-electron chi connectivity index (χ4n) is 3.48. The molecule has 28 heavy (non-hydrogen) atoms. The van der Waals surface area contributed by atoms with Gasteiger partial charge in [-0.1, -0.05) is 6.07 Å². The van der Waals surface area contributed by atoms with E-state index in [-0.39, 0.29) is 11.9 Å². The lowest BCUT2D eigenvalue weighted by molar-refractivity contribution is -0.130. The van der Waals surface area contributed by atoms with Crippen LogP contribution in [0.5, 0.6) is 0 Å². The van der Waals surface area contributed by atoms with Gasteiger partial charge in [-0.3, -0.25) is 19.4 Å². The summed E-state index contributed by atoms with van der Waals surface area (Å²) in [6, 6.07) is 8.38. The first-order valence-corrected chi connectivity index (χ1v) is 9.04. The van der Waals surface area contributed by atoms with Crippen LogP contribution >= 0.6 is 0 Å². The molecule has 0 aliphatic carbocycles. The lowest BCUT2D eigenvalue weighted by Gasteiger charge is -2.39. The number of nitrogens with zero attached hydrogens (tertiary/aromatic N) is 4. The molecule has 4 rings (SSSR count). The average molecular weight is 377 g/mol. The van der Waals surface area contributed by atoms with E-state index in [9.17, 15) is 14.4 Å². The highest BCUT2D eigenvalue weighted by Crippen LogP contribution is 2.19. The third-order valence-corrected chi connectivity index (χ3v) is 4.95. The van der Waals surface area contributed by atoms with Crippen LogP contribution in [0.15, 0.2) is 48.9 Å². The first-order chi connectivity index (χ1) is 13.6. The number of ketones is 1. The Labute approximate surface area is 161 Å². The maximum atomic E-state index is 12.8. The first kappa shape index (κ1) is 17.8. The molecule has 0 spiro atoms. The van der Waals surface area contributed by atoms with Crippen molar-refractivity contribution in [2.75, 3.05) is 19.6 Å². The molecule has 1 aliphatic rings. The molecule has 1 aliphatic heterocycles. The van der Waals surface area contributed by atoms with Gasteiger partial charge in [-0.05, 0) is 31.2 Å². The number of aromatic nitrogens is 3. The minimum absolute atomic E-state index is 0.173. The molecule has 8 nitrogen and oxygen atoms in total. The zero-order chi connectivity index (χ0) is 19.7. The molecule has 0 aromatic carbocycles. The lowest BCUT2D eigenvalue weighted by Crippen LogP contribution is -2.56. The number of hydrogen-bond acceptors (Lipinski definition) is 5. The Balaban J connectivity index is 1.48. The molecule has 142 valence electrons. The molecule has 0 unspecified atom stereocenters. The lowest BCUT2D eigenvalue weighted by atomic mass is 10.1. The van der Waals surface area contributed by atoms with Gasteiger partial charge in [-0.15, -0.1) is 0 Å². The van der Waals surface area contributed by atoms with E-state index in [1.807, 2.05) is 6.92 Å². The Morgan fingerprint density at radius 2 is 1.89 bits per heavy atom. The summed E-state index contributed by atoms with van der Waals surface area (Å²) in [6.07, 6.45) is 4.71. The number of fused-ring (bicyclic) bond motifs is 1. The van der Waals surface area contributed by atoms with E-state index in [1.54, 1.807) is 47.6 Å². The fourth-order valence-corrected chi connectivity index (χ4v) is 3.48. The number of H-pyrrole nitrogens is 1. The van der Waals surface area contributed by atoms with Gasteiger partial charge in [-0.2, -0.15) is 0 Å². The number of rotatable bonds is 3. The van der Waals surface area contributed by atoms with Gasteiger partial charge in [0, 0.05) is 49.7 Å².